The first-order chi connectivity index (χ1) is 13.4. The molecule has 0 aliphatic heterocycles. The predicted octanol–water partition coefficient (Wildman–Crippen LogP) is 9.05. The van der Waals surface area contributed by atoms with E-state index < -0.39 is 0 Å². The first-order valence-corrected chi connectivity index (χ1v) is 12.2. The third-order valence-electron chi connectivity index (χ3n) is 6.54. The highest BCUT2D eigenvalue weighted by Gasteiger charge is 2.27. The van der Waals surface area contributed by atoms with Crippen molar-refractivity contribution < 1.29 is 0 Å². The monoisotopic (exact) mass is 512 g/mol. The molecule has 0 nitrogen and oxygen atoms in total. The minimum absolute atomic E-state index is 0.539. The number of thiophene rings is 1. The summed E-state index contributed by atoms with van der Waals surface area (Å²) in [6.45, 7) is 6.92. The Labute approximate surface area is 187 Å². The normalized spacial score (nSPS) is 18.0. The van der Waals surface area contributed by atoms with Crippen LogP contribution in [0.15, 0.2) is 49.7 Å². The summed E-state index contributed by atoms with van der Waals surface area (Å²) in [5.41, 5.74) is 12.0. The van der Waals surface area contributed by atoms with E-state index in [1.807, 2.05) is 11.3 Å². The molecule has 1 atom stereocenters. The number of benzene rings is 2. The Kier molecular flexibility index (Phi) is 4.69. The van der Waals surface area contributed by atoms with Gasteiger partial charge in [0.1, 0.15) is 0 Å². The Morgan fingerprint density at radius 1 is 1.11 bits per heavy atom. The molecule has 2 aromatic carbocycles. The largest absolute Gasteiger partial charge is 0.128 e. The highest BCUT2D eigenvalue weighted by Crippen LogP contribution is 2.47. The molecule has 0 spiro atoms. The van der Waals surface area contributed by atoms with E-state index in [1.165, 1.54) is 52.6 Å². The molecule has 0 radical (unpaired) electrons. The third kappa shape index (κ3) is 2.89. The van der Waals surface area contributed by atoms with E-state index in [-0.39, 0.29) is 0 Å². The quantitative estimate of drug-likeness (QED) is 0.327. The van der Waals surface area contributed by atoms with Gasteiger partial charge in [0, 0.05) is 15.1 Å². The zero-order chi connectivity index (χ0) is 19.6. The Balaban J connectivity index is 1.48. The summed E-state index contributed by atoms with van der Waals surface area (Å²) in [6.07, 6.45) is 5.81. The highest BCUT2D eigenvalue weighted by molar-refractivity contribution is 9.11. The Hall–Kier alpha value is -1.16. The number of halogens is 2. The molecule has 5 rings (SSSR count). The fraction of sp³-hybridized carbons (Fsp3) is 0.280. The maximum atomic E-state index is 3.73. The lowest BCUT2D eigenvalue weighted by Gasteiger charge is -2.17. The van der Waals surface area contributed by atoms with Crippen molar-refractivity contribution in [1.82, 2.24) is 0 Å². The van der Waals surface area contributed by atoms with Gasteiger partial charge in [-0.2, -0.15) is 0 Å². The van der Waals surface area contributed by atoms with Gasteiger partial charge in [0.15, 0.2) is 0 Å². The SMILES string of the molecule is CC1=Cc2c(Br)cccc2C1CCC1=C(C)Cc2c1cc1sc(Br)cc1c2C. The summed E-state index contributed by atoms with van der Waals surface area (Å²) in [4.78, 5) is 0. The molecule has 1 heterocycles. The van der Waals surface area contributed by atoms with Crippen LogP contribution >= 0.6 is 43.2 Å². The molecule has 1 aromatic heterocycles. The maximum absolute atomic E-state index is 3.73. The summed E-state index contributed by atoms with van der Waals surface area (Å²) in [7, 11) is 0. The lowest BCUT2D eigenvalue weighted by Crippen LogP contribution is -1.99. The molecule has 2 aliphatic rings. The number of hydrogen-bond donors (Lipinski definition) is 0. The molecule has 3 aromatic rings. The number of aryl methyl sites for hydroxylation is 1. The van der Waals surface area contributed by atoms with Gasteiger partial charge in [0.05, 0.1) is 3.79 Å². The van der Waals surface area contributed by atoms with Crippen LogP contribution in [0, 0.1) is 6.92 Å². The van der Waals surface area contributed by atoms with E-state index >= 15 is 0 Å². The first-order valence-electron chi connectivity index (χ1n) is 9.81. The van der Waals surface area contributed by atoms with Crippen LogP contribution in [-0.4, -0.2) is 0 Å². The van der Waals surface area contributed by atoms with E-state index in [9.17, 15) is 0 Å². The average molecular weight is 514 g/mol. The van der Waals surface area contributed by atoms with Gasteiger partial charge in [-0.15, -0.1) is 11.3 Å². The smallest absolute Gasteiger partial charge is 0.0711 e. The van der Waals surface area contributed by atoms with Crippen molar-refractivity contribution in [2.24, 2.45) is 0 Å². The van der Waals surface area contributed by atoms with E-state index in [4.69, 9.17) is 0 Å². The molecule has 28 heavy (non-hydrogen) atoms. The molecular formula is C25H22Br2S. The van der Waals surface area contributed by atoms with Crippen LogP contribution in [0.2, 0.25) is 0 Å². The summed E-state index contributed by atoms with van der Waals surface area (Å²) in [6, 6.07) is 11.4. The summed E-state index contributed by atoms with van der Waals surface area (Å²) in [5.74, 6) is 0.539. The topological polar surface area (TPSA) is 0 Å². The molecule has 0 N–H and O–H groups in total. The summed E-state index contributed by atoms with van der Waals surface area (Å²) < 4.78 is 3.85. The van der Waals surface area contributed by atoms with Gasteiger partial charge in [-0.1, -0.05) is 45.3 Å². The van der Waals surface area contributed by atoms with Gasteiger partial charge in [-0.05, 0) is 113 Å². The van der Waals surface area contributed by atoms with Crippen LogP contribution in [-0.2, 0) is 6.42 Å². The van der Waals surface area contributed by atoms with E-state index in [0.717, 1.165) is 12.8 Å². The van der Waals surface area contributed by atoms with Crippen molar-refractivity contribution in [2.75, 3.05) is 0 Å². The van der Waals surface area contributed by atoms with E-state index in [0.29, 0.717) is 5.92 Å². The van der Waals surface area contributed by atoms with Crippen LogP contribution < -0.4 is 0 Å². The number of rotatable bonds is 3. The molecule has 0 bridgehead atoms. The molecule has 3 heteroatoms. The Morgan fingerprint density at radius 3 is 2.75 bits per heavy atom. The Bertz CT molecular complexity index is 1190. The van der Waals surface area contributed by atoms with Gasteiger partial charge < -0.3 is 0 Å². The van der Waals surface area contributed by atoms with Gasteiger partial charge in [0.2, 0.25) is 0 Å². The number of allylic oxidation sites excluding steroid dienone is 3. The number of fused-ring (bicyclic) bond motifs is 3. The fourth-order valence-corrected chi connectivity index (χ4v) is 7.19. The van der Waals surface area contributed by atoms with Crippen LogP contribution in [0.5, 0.6) is 0 Å². The lowest BCUT2D eigenvalue weighted by atomic mass is 9.88. The molecule has 142 valence electrons. The van der Waals surface area contributed by atoms with Gasteiger partial charge in [-0.25, -0.2) is 0 Å². The minimum Gasteiger partial charge on any atom is -0.128 e. The van der Waals surface area contributed by atoms with Crippen LogP contribution in [0.1, 0.15) is 60.4 Å². The van der Waals surface area contributed by atoms with Crippen molar-refractivity contribution >= 4 is 64.9 Å². The highest BCUT2D eigenvalue weighted by atomic mass is 79.9. The van der Waals surface area contributed by atoms with Crippen molar-refractivity contribution in [2.45, 2.75) is 46.0 Å². The van der Waals surface area contributed by atoms with Crippen LogP contribution in [0.25, 0.3) is 21.7 Å². The first kappa shape index (κ1) is 18.8. The number of hydrogen-bond acceptors (Lipinski definition) is 1. The van der Waals surface area contributed by atoms with E-state index in [2.05, 4.69) is 89.0 Å². The Morgan fingerprint density at radius 2 is 1.93 bits per heavy atom. The standard InChI is InChI=1S/C25H22Br2S/c1-13-9-19-15(3)20-12-25(27)28-24(20)11-21(19)17(13)8-7-16-14(2)10-22-18(16)5-4-6-23(22)26/h4-6,10-12,16H,7-9H2,1-3H3. The predicted molar refractivity (Wildman–Crippen MR) is 130 cm³/mol. The third-order valence-corrected chi connectivity index (χ3v) is 8.81. The van der Waals surface area contributed by atoms with Gasteiger partial charge >= 0.3 is 0 Å². The van der Waals surface area contributed by atoms with Crippen molar-refractivity contribution in [3.8, 4) is 0 Å². The summed E-state index contributed by atoms with van der Waals surface area (Å²) in [5, 5.41) is 1.41. The van der Waals surface area contributed by atoms with Crippen molar-refractivity contribution in [3.05, 3.63) is 77.6 Å². The lowest BCUT2D eigenvalue weighted by molar-refractivity contribution is 0.733. The molecule has 0 amide bonds. The van der Waals surface area contributed by atoms with Crippen LogP contribution in [0.3, 0.4) is 0 Å². The van der Waals surface area contributed by atoms with Crippen LogP contribution in [0.4, 0.5) is 0 Å². The molecule has 1 unspecified atom stereocenters. The minimum atomic E-state index is 0.539. The second-order valence-electron chi connectivity index (χ2n) is 8.15. The zero-order valence-corrected chi connectivity index (χ0v) is 20.3. The zero-order valence-electron chi connectivity index (χ0n) is 16.3. The molecule has 0 saturated heterocycles. The molecule has 0 fully saturated rings. The second-order valence-corrected chi connectivity index (χ2v) is 11.5. The van der Waals surface area contributed by atoms with Gasteiger partial charge in [0.25, 0.3) is 0 Å². The molecular weight excluding hydrogens is 492 g/mol. The average Bonchev–Trinajstić information content (AvgIpc) is 3.28. The molecule has 0 saturated carbocycles. The van der Waals surface area contributed by atoms with Crippen molar-refractivity contribution in [1.29, 1.82) is 0 Å². The van der Waals surface area contributed by atoms with Gasteiger partial charge in [-0.3, -0.25) is 0 Å². The second kappa shape index (κ2) is 6.97. The fourth-order valence-electron chi connectivity index (χ4n) is 5.06. The summed E-state index contributed by atoms with van der Waals surface area (Å²) >= 11 is 9.25. The van der Waals surface area contributed by atoms with E-state index in [1.54, 1.807) is 16.7 Å². The van der Waals surface area contributed by atoms with Crippen molar-refractivity contribution in [3.63, 3.8) is 0 Å². The molecule has 2 aliphatic carbocycles. The maximum Gasteiger partial charge on any atom is 0.0711 e.